The molecule has 0 spiro atoms. The van der Waals surface area contributed by atoms with E-state index in [1.807, 2.05) is 11.9 Å². The molecule has 3 nitrogen and oxygen atoms in total. The molecule has 1 aromatic rings. The van der Waals surface area contributed by atoms with Crippen LogP contribution in [0.2, 0.25) is 0 Å². The molecule has 0 aliphatic carbocycles. The molecule has 0 saturated carbocycles. The van der Waals surface area contributed by atoms with E-state index in [0.29, 0.717) is 18.7 Å². The van der Waals surface area contributed by atoms with Crippen molar-refractivity contribution < 1.29 is 9.50 Å². The van der Waals surface area contributed by atoms with Gasteiger partial charge in [0.1, 0.15) is 5.82 Å². The lowest BCUT2D eigenvalue weighted by atomic mass is 10.2. The summed E-state index contributed by atoms with van der Waals surface area (Å²) in [4.78, 5) is 1.88. The van der Waals surface area contributed by atoms with Crippen LogP contribution in [0.3, 0.4) is 0 Å². The average molecular weight is 291 g/mol. The zero-order valence-electron chi connectivity index (χ0n) is 9.16. The van der Waals surface area contributed by atoms with Gasteiger partial charge in [0.05, 0.1) is 6.61 Å². The summed E-state index contributed by atoms with van der Waals surface area (Å²) in [5.74, 6) is -0.229. The first-order valence-corrected chi connectivity index (χ1v) is 5.81. The van der Waals surface area contributed by atoms with Crippen molar-refractivity contribution in [1.82, 2.24) is 4.90 Å². The Hall–Kier alpha value is -0.490. The molecule has 0 saturated heterocycles. The van der Waals surface area contributed by atoms with Crippen LogP contribution in [0.25, 0.3) is 0 Å². The Morgan fingerprint density at radius 2 is 2.25 bits per heavy atom. The van der Waals surface area contributed by atoms with Crippen molar-refractivity contribution in [2.24, 2.45) is 5.73 Å². The number of aliphatic hydroxyl groups is 1. The maximum Gasteiger partial charge on any atom is 0.127 e. The van der Waals surface area contributed by atoms with Crippen LogP contribution in [0, 0.1) is 5.82 Å². The molecule has 0 aliphatic rings. The highest BCUT2D eigenvalue weighted by Crippen LogP contribution is 2.16. The number of aliphatic hydroxyl groups excluding tert-OH is 1. The molecule has 0 heterocycles. The fourth-order valence-electron chi connectivity index (χ4n) is 1.48. The van der Waals surface area contributed by atoms with Crippen molar-refractivity contribution in [2.75, 3.05) is 20.2 Å². The highest BCUT2D eigenvalue weighted by Gasteiger charge is 2.09. The van der Waals surface area contributed by atoms with Gasteiger partial charge in [-0.2, -0.15) is 0 Å². The lowest BCUT2D eigenvalue weighted by molar-refractivity contribution is 0.217. The first-order valence-electron chi connectivity index (χ1n) is 5.02. The van der Waals surface area contributed by atoms with Crippen molar-refractivity contribution in [1.29, 1.82) is 0 Å². The van der Waals surface area contributed by atoms with Crippen molar-refractivity contribution >= 4 is 15.9 Å². The smallest absolute Gasteiger partial charge is 0.127 e. The lowest BCUT2D eigenvalue weighted by Crippen LogP contribution is -2.37. The third kappa shape index (κ3) is 4.17. The number of hydrogen-bond acceptors (Lipinski definition) is 3. The van der Waals surface area contributed by atoms with Gasteiger partial charge in [0, 0.05) is 29.2 Å². The Kier molecular flexibility index (Phi) is 5.34. The third-order valence-corrected chi connectivity index (χ3v) is 2.72. The molecular weight excluding hydrogens is 275 g/mol. The van der Waals surface area contributed by atoms with Crippen molar-refractivity contribution in [3.63, 3.8) is 0 Å². The number of likely N-dealkylation sites (N-methyl/N-ethyl adjacent to an activating group) is 1. The van der Waals surface area contributed by atoms with Crippen LogP contribution in [0.15, 0.2) is 22.7 Å². The Labute approximate surface area is 103 Å². The predicted molar refractivity (Wildman–Crippen MR) is 65.5 cm³/mol. The quantitative estimate of drug-likeness (QED) is 0.860. The van der Waals surface area contributed by atoms with Crippen LogP contribution in [-0.2, 0) is 6.54 Å². The Balaban J connectivity index is 2.61. The molecule has 5 heteroatoms. The average Bonchev–Trinajstić information content (AvgIpc) is 2.23. The summed E-state index contributed by atoms with van der Waals surface area (Å²) in [6.07, 6.45) is 0. The summed E-state index contributed by atoms with van der Waals surface area (Å²) in [6.45, 7) is 0.937. The molecule has 1 unspecified atom stereocenters. The van der Waals surface area contributed by atoms with E-state index >= 15 is 0 Å². The summed E-state index contributed by atoms with van der Waals surface area (Å²) in [5.41, 5.74) is 6.21. The van der Waals surface area contributed by atoms with E-state index in [1.54, 1.807) is 12.1 Å². The topological polar surface area (TPSA) is 49.5 Å². The van der Waals surface area contributed by atoms with E-state index in [0.717, 1.165) is 4.47 Å². The molecular formula is C11H16BrFN2O. The molecule has 0 aliphatic heterocycles. The molecule has 90 valence electrons. The van der Waals surface area contributed by atoms with Gasteiger partial charge in [-0.15, -0.1) is 0 Å². The molecule has 0 amide bonds. The van der Waals surface area contributed by atoms with Crippen molar-refractivity contribution in [3.05, 3.63) is 34.1 Å². The first-order chi connectivity index (χ1) is 7.52. The van der Waals surface area contributed by atoms with E-state index in [-0.39, 0.29) is 18.5 Å². The minimum absolute atomic E-state index is 0.0642. The van der Waals surface area contributed by atoms with E-state index in [4.69, 9.17) is 10.8 Å². The minimum atomic E-state index is -0.291. The van der Waals surface area contributed by atoms with E-state index in [2.05, 4.69) is 15.9 Å². The zero-order chi connectivity index (χ0) is 12.1. The van der Waals surface area contributed by atoms with Crippen LogP contribution < -0.4 is 5.73 Å². The number of hydrogen-bond donors (Lipinski definition) is 2. The van der Waals surface area contributed by atoms with Crippen LogP contribution in [-0.4, -0.2) is 36.2 Å². The van der Waals surface area contributed by atoms with Gasteiger partial charge in [-0.25, -0.2) is 4.39 Å². The van der Waals surface area contributed by atoms with Gasteiger partial charge in [0.25, 0.3) is 0 Å². The number of halogens is 2. The molecule has 1 atom stereocenters. The Morgan fingerprint density at radius 1 is 1.56 bits per heavy atom. The summed E-state index contributed by atoms with van der Waals surface area (Å²) in [6, 6.07) is 4.55. The second-order valence-corrected chi connectivity index (χ2v) is 4.79. The lowest BCUT2D eigenvalue weighted by Gasteiger charge is -2.20. The number of nitrogens with zero attached hydrogens (tertiary/aromatic N) is 1. The second-order valence-electron chi connectivity index (χ2n) is 3.88. The maximum atomic E-state index is 13.4. The van der Waals surface area contributed by atoms with Gasteiger partial charge in [-0.1, -0.05) is 15.9 Å². The molecule has 0 radical (unpaired) electrons. The molecule has 0 fully saturated rings. The standard InChI is InChI=1S/C11H16BrFN2O/c1-15(6-10(14)7-16)5-8-4-9(12)2-3-11(8)13/h2-4,10,16H,5-7,14H2,1H3. The number of nitrogens with two attached hydrogens (primary N) is 1. The fraction of sp³-hybridized carbons (Fsp3) is 0.455. The van der Waals surface area contributed by atoms with Crippen molar-refractivity contribution in [3.8, 4) is 0 Å². The van der Waals surface area contributed by atoms with Crippen LogP contribution in [0.1, 0.15) is 5.56 Å². The van der Waals surface area contributed by atoms with Gasteiger partial charge >= 0.3 is 0 Å². The molecule has 1 rings (SSSR count). The SMILES string of the molecule is CN(Cc1cc(Br)ccc1F)CC(N)CO. The Bertz CT molecular complexity index is 349. The van der Waals surface area contributed by atoms with E-state index in [9.17, 15) is 4.39 Å². The molecule has 3 N–H and O–H groups in total. The van der Waals surface area contributed by atoms with Gasteiger partial charge in [-0.05, 0) is 25.2 Å². The maximum absolute atomic E-state index is 13.4. The highest BCUT2D eigenvalue weighted by molar-refractivity contribution is 9.10. The molecule has 16 heavy (non-hydrogen) atoms. The van der Waals surface area contributed by atoms with Gasteiger partial charge in [-0.3, -0.25) is 0 Å². The van der Waals surface area contributed by atoms with Crippen LogP contribution in [0.4, 0.5) is 4.39 Å². The van der Waals surface area contributed by atoms with Gasteiger partial charge in [0.15, 0.2) is 0 Å². The summed E-state index contributed by atoms with van der Waals surface area (Å²) < 4.78 is 14.3. The van der Waals surface area contributed by atoms with Crippen LogP contribution in [0.5, 0.6) is 0 Å². The number of rotatable bonds is 5. The first kappa shape index (κ1) is 13.6. The Morgan fingerprint density at radius 3 is 2.88 bits per heavy atom. The van der Waals surface area contributed by atoms with Gasteiger partial charge in [0.2, 0.25) is 0 Å². The predicted octanol–water partition coefficient (Wildman–Crippen LogP) is 1.34. The summed E-state index contributed by atoms with van der Waals surface area (Å²) >= 11 is 3.30. The third-order valence-electron chi connectivity index (χ3n) is 2.23. The number of benzene rings is 1. The van der Waals surface area contributed by atoms with Gasteiger partial charge < -0.3 is 15.7 Å². The summed E-state index contributed by atoms with van der Waals surface area (Å²) in [7, 11) is 1.84. The largest absolute Gasteiger partial charge is 0.395 e. The fourth-order valence-corrected chi connectivity index (χ4v) is 1.89. The van der Waals surface area contributed by atoms with E-state index in [1.165, 1.54) is 6.07 Å². The highest BCUT2D eigenvalue weighted by atomic mass is 79.9. The second kappa shape index (κ2) is 6.30. The molecule has 0 bridgehead atoms. The zero-order valence-corrected chi connectivity index (χ0v) is 10.7. The van der Waals surface area contributed by atoms with E-state index < -0.39 is 0 Å². The summed E-state index contributed by atoms with van der Waals surface area (Å²) in [5, 5.41) is 8.82. The normalized spacial score (nSPS) is 13.1. The van der Waals surface area contributed by atoms with Crippen molar-refractivity contribution in [2.45, 2.75) is 12.6 Å². The van der Waals surface area contributed by atoms with Crippen LogP contribution >= 0.6 is 15.9 Å². The minimum Gasteiger partial charge on any atom is -0.395 e. The molecule has 0 aromatic heterocycles. The molecule has 1 aromatic carbocycles. The monoisotopic (exact) mass is 290 g/mol.